The van der Waals surface area contributed by atoms with Gasteiger partial charge in [0.1, 0.15) is 0 Å². The molecule has 8 heteroatoms. The number of unbranched alkanes of at least 4 members (excludes halogenated alkanes) is 1. The van der Waals surface area contributed by atoms with Gasteiger partial charge in [0, 0.05) is 45.2 Å². The van der Waals surface area contributed by atoms with E-state index in [1.165, 1.54) is 23.4 Å². The Morgan fingerprint density at radius 1 is 1.19 bits per heavy atom. The van der Waals surface area contributed by atoms with E-state index in [4.69, 9.17) is 0 Å². The molecule has 0 radical (unpaired) electrons. The molecule has 0 saturated carbocycles. The van der Waals surface area contributed by atoms with Crippen LogP contribution < -0.4 is 5.32 Å². The maximum atomic E-state index is 12.5. The smallest absolute Gasteiger partial charge is 0.242 e. The monoisotopic (exact) mass is 395 g/mol. The highest BCUT2D eigenvalue weighted by Gasteiger charge is 2.26. The van der Waals surface area contributed by atoms with Crippen molar-refractivity contribution in [3.05, 3.63) is 24.3 Å². The summed E-state index contributed by atoms with van der Waals surface area (Å²) in [5.41, 5.74) is 0.573. The third kappa shape index (κ3) is 5.52. The summed E-state index contributed by atoms with van der Waals surface area (Å²) in [6.07, 6.45) is 3.02. The van der Waals surface area contributed by atoms with Crippen LogP contribution in [0.25, 0.3) is 0 Å². The summed E-state index contributed by atoms with van der Waals surface area (Å²) in [7, 11) is -1.93. The van der Waals surface area contributed by atoms with E-state index >= 15 is 0 Å². The molecule has 0 unspecified atom stereocenters. The molecule has 0 spiro atoms. The van der Waals surface area contributed by atoms with Gasteiger partial charge < -0.3 is 10.2 Å². The minimum atomic E-state index is -3.51. The first-order valence-electron chi connectivity index (χ1n) is 9.38. The van der Waals surface area contributed by atoms with Gasteiger partial charge in [0.25, 0.3) is 0 Å². The van der Waals surface area contributed by atoms with Gasteiger partial charge in [0.15, 0.2) is 0 Å². The molecule has 1 heterocycles. The lowest BCUT2D eigenvalue weighted by molar-refractivity contribution is -0.132. The van der Waals surface area contributed by atoms with E-state index < -0.39 is 10.0 Å². The molecule has 0 atom stereocenters. The number of piperidine rings is 1. The first-order valence-corrected chi connectivity index (χ1v) is 10.8. The van der Waals surface area contributed by atoms with Gasteiger partial charge in [-0.05, 0) is 43.5 Å². The van der Waals surface area contributed by atoms with E-state index in [0.29, 0.717) is 38.2 Å². The number of likely N-dealkylation sites (tertiary alicyclic amines) is 1. The largest absolute Gasteiger partial charge is 0.343 e. The Labute approximate surface area is 161 Å². The molecule has 2 rings (SSSR count). The van der Waals surface area contributed by atoms with Gasteiger partial charge >= 0.3 is 0 Å². The molecule has 1 aromatic rings. The third-order valence-corrected chi connectivity index (χ3v) is 6.84. The summed E-state index contributed by atoms with van der Waals surface area (Å²) in [5.74, 6) is -0.187. The molecular weight excluding hydrogens is 366 g/mol. The number of anilines is 1. The van der Waals surface area contributed by atoms with Crippen molar-refractivity contribution < 1.29 is 18.0 Å². The summed E-state index contributed by atoms with van der Waals surface area (Å²) in [6, 6.07) is 6.27. The minimum Gasteiger partial charge on any atom is -0.343 e. The second-order valence-corrected chi connectivity index (χ2v) is 9.02. The van der Waals surface area contributed by atoms with Gasteiger partial charge in [-0.1, -0.05) is 13.3 Å². The van der Waals surface area contributed by atoms with Crippen molar-refractivity contribution in [3.8, 4) is 0 Å². The van der Waals surface area contributed by atoms with Crippen molar-refractivity contribution in [2.75, 3.05) is 32.0 Å². The topological polar surface area (TPSA) is 86.8 Å². The number of amides is 2. The van der Waals surface area contributed by atoms with Crippen LogP contribution in [-0.4, -0.2) is 56.1 Å². The maximum Gasteiger partial charge on any atom is 0.242 e. The second kappa shape index (κ2) is 9.32. The molecule has 150 valence electrons. The van der Waals surface area contributed by atoms with E-state index in [1.807, 2.05) is 6.92 Å². The number of nitrogens with zero attached hydrogens (tertiary/aromatic N) is 2. The van der Waals surface area contributed by atoms with Crippen molar-refractivity contribution >= 4 is 27.5 Å². The fraction of sp³-hybridized carbons (Fsp3) is 0.579. The van der Waals surface area contributed by atoms with Crippen LogP contribution in [-0.2, 0) is 19.6 Å². The number of carbonyl (C=O) groups is 2. The molecule has 1 aliphatic rings. The molecule has 2 amide bonds. The number of benzene rings is 1. The van der Waals surface area contributed by atoms with Crippen LogP contribution in [0.2, 0.25) is 0 Å². The summed E-state index contributed by atoms with van der Waals surface area (Å²) in [6.45, 7) is 5.22. The first-order chi connectivity index (χ1) is 12.8. The Kier molecular flexibility index (Phi) is 7.38. The molecule has 7 nitrogen and oxygen atoms in total. The predicted octanol–water partition coefficient (Wildman–Crippen LogP) is 2.30. The Morgan fingerprint density at radius 3 is 2.30 bits per heavy atom. The number of carbonyl (C=O) groups excluding carboxylic acids is 2. The Hall–Kier alpha value is -1.93. The molecule has 0 aromatic heterocycles. The average molecular weight is 396 g/mol. The van der Waals surface area contributed by atoms with Crippen molar-refractivity contribution in [2.45, 2.75) is 44.4 Å². The Bertz CT molecular complexity index is 754. The van der Waals surface area contributed by atoms with Crippen molar-refractivity contribution in [1.82, 2.24) is 9.21 Å². The van der Waals surface area contributed by atoms with Gasteiger partial charge in [-0.2, -0.15) is 0 Å². The molecule has 1 N–H and O–H groups in total. The number of hydrogen-bond donors (Lipinski definition) is 1. The quantitative estimate of drug-likeness (QED) is 0.767. The maximum absolute atomic E-state index is 12.5. The van der Waals surface area contributed by atoms with Crippen molar-refractivity contribution in [1.29, 1.82) is 0 Å². The van der Waals surface area contributed by atoms with E-state index in [1.54, 1.807) is 24.1 Å². The predicted molar refractivity (Wildman–Crippen MR) is 105 cm³/mol. The third-order valence-electron chi connectivity index (χ3n) is 4.97. The molecule has 0 bridgehead atoms. The molecule has 1 saturated heterocycles. The lowest BCUT2D eigenvalue weighted by Gasteiger charge is -2.30. The Morgan fingerprint density at radius 2 is 1.78 bits per heavy atom. The highest BCUT2D eigenvalue weighted by Crippen LogP contribution is 2.21. The van der Waals surface area contributed by atoms with Crippen LogP contribution in [0.4, 0.5) is 5.69 Å². The molecule has 1 aliphatic heterocycles. The van der Waals surface area contributed by atoms with Gasteiger partial charge in [0.2, 0.25) is 21.8 Å². The second-order valence-electron chi connectivity index (χ2n) is 6.97. The SMILES string of the molecule is CCCCN(C)S(=O)(=O)c1ccc(NC(=O)C2CCN(C(C)=O)CC2)cc1. The lowest BCUT2D eigenvalue weighted by Crippen LogP contribution is -2.40. The highest BCUT2D eigenvalue weighted by atomic mass is 32.2. The van der Waals surface area contributed by atoms with E-state index in [0.717, 1.165) is 12.8 Å². The summed E-state index contributed by atoms with van der Waals surface area (Å²) in [5, 5.41) is 2.85. The number of sulfonamides is 1. The number of nitrogens with one attached hydrogen (secondary N) is 1. The zero-order chi connectivity index (χ0) is 20.0. The van der Waals surface area contributed by atoms with Crippen LogP contribution >= 0.6 is 0 Å². The van der Waals surface area contributed by atoms with Crippen molar-refractivity contribution in [2.24, 2.45) is 5.92 Å². The Balaban J connectivity index is 1.95. The number of rotatable bonds is 7. The summed E-state index contributed by atoms with van der Waals surface area (Å²) < 4.78 is 26.4. The first kappa shape index (κ1) is 21.4. The van der Waals surface area contributed by atoms with Gasteiger partial charge in [0.05, 0.1) is 4.90 Å². The minimum absolute atomic E-state index is 0.0366. The normalized spacial score (nSPS) is 15.8. The zero-order valence-corrected chi connectivity index (χ0v) is 17.1. The van der Waals surface area contributed by atoms with Crippen LogP contribution in [0.3, 0.4) is 0 Å². The summed E-state index contributed by atoms with van der Waals surface area (Å²) >= 11 is 0. The van der Waals surface area contributed by atoms with Crippen LogP contribution in [0, 0.1) is 5.92 Å². The molecule has 27 heavy (non-hydrogen) atoms. The van der Waals surface area contributed by atoms with E-state index in [9.17, 15) is 18.0 Å². The average Bonchev–Trinajstić information content (AvgIpc) is 2.66. The van der Waals surface area contributed by atoms with Gasteiger partial charge in [-0.3, -0.25) is 9.59 Å². The van der Waals surface area contributed by atoms with Crippen LogP contribution in [0.15, 0.2) is 29.2 Å². The molecular formula is C19H29N3O4S. The fourth-order valence-electron chi connectivity index (χ4n) is 3.09. The highest BCUT2D eigenvalue weighted by molar-refractivity contribution is 7.89. The van der Waals surface area contributed by atoms with E-state index in [2.05, 4.69) is 5.32 Å². The molecule has 0 aliphatic carbocycles. The molecule has 1 fully saturated rings. The van der Waals surface area contributed by atoms with Crippen LogP contribution in [0.1, 0.15) is 39.5 Å². The summed E-state index contributed by atoms with van der Waals surface area (Å²) in [4.78, 5) is 25.7. The fourth-order valence-corrected chi connectivity index (χ4v) is 4.30. The standard InChI is InChI=1S/C19H29N3O4S/c1-4-5-12-21(3)27(25,26)18-8-6-17(7-9-18)20-19(24)16-10-13-22(14-11-16)15(2)23/h6-9,16H,4-5,10-14H2,1-3H3,(H,20,24). The van der Waals surface area contributed by atoms with Gasteiger partial charge in [-0.25, -0.2) is 12.7 Å². The van der Waals surface area contributed by atoms with Crippen LogP contribution in [0.5, 0.6) is 0 Å². The van der Waals surface area contributed by atoms with Gasteiger partial charge in [-0.15, -0.1) is 0 Å². The van der Waals surface area contributed by atoms with E-state index in [-0.39, 0.29) is 22.6 Å². The zero-order valence-electron chi connectivity index (χ0n) is 16.3. The lowest BCUT2D eigenvalue weighted by atomic mass is 9.96. The number of hydrogen-bond acceptors (Lipinski definition) is 4. The van der Waals surface area contributed by atoms with Crippen molar-refractivity contribution in [3.63, 3.8) is 0 Å². The molecule has 1 aromatic carbocycles.